The zero-order chi connectivity index (χ0) is 18.2. The summed E-state index contributed by atoms with van der Waals surface area (Å²) in [4.78, 5) is 21.0. The van der Waals surface area contributed by atoms with Crippen LogP contribution < -0.4 is 5.32 Å². The summed E-state index contributed by atoms with van der Waals surface area (Å²) in [5, 5.41) is 7.54. The molecule has 3 aromatic rings. The molecule has 3 aromatic heterocycles. The van der Waals surface area contributed by atoms with Crippen LogP contribution in [0.25, 0.3) is 16.9 Å². The summed E-state index contributed by atoms with van der Waals surface area (Å²) in [6, 6.07) is 7.75. The van der Waals surface area contributed by atoms with Crippen molar-refractivity contribution in [3.05, 3.63) is 60.7 Å². The van der Waals surface area contributed by atoms with Gasteiger partial charge < -0.3 is 10.1 Å². The first-order chi connectivity index (χ1) is 13.3. The van der Waals surface area contributed by atoms with Crippen molar-refractivity contribution in [3.8, 4) is 11.3 Å². The van der Waals surface area contributed by atoms with E-state index in [4.69, 9.17) is 4.74 Å². The van der Waals surface area contributed by atoms with Crippen LogP contribution in [0.15, 0.2) is 55.0 Å². The van der Waals surface area contributed by atoms with E-state index >= 15 is 0 Å². The summed E-state index contributed by atoms with van der Waals surface area (Å²) >= 11 is 0. The summed E-state index contributed by atoms with van der Waals surface area (Å²) < 4.78 is 7.42. The highest BCUT2D eigenvalue weighted by Gasteiger charge is 2.40. The van der Waals surface area contributed by atoms with Crippen molar-refractivity contribution >= 4 is 11.6 Å². The maximum atomic E-state index is 12.3. The molecule has 2 bridgehead atoms. The van der Waals surface area contributed by atoms with Crippen LogP contribution in [0.2, 0.25) is 0 Å². The fraction of sp³-hybridized carbons (Fsp3) is 0.300. The van der Waals surface area contributed by atoms with E-state index in [1.807, 2.05) is 42.6 Å². The van der Waals surface area contributed by atoms with Crippen molar-refractivity contribution in [3.63, 3.8) is 0 Å². The minimum atomic E-state index is -0.0642. The molecule has 0 aliphatic carbocycles. The number of pyridine rings is 1. The molecule has 1 fully saturated rings. The van der Waals surface area contributed by atoms with Gasteiger partial charge in [-0.1, -0.05) is 12.2 Å². The van der Waals surface area contributed by atoms with Gasteiger partial charge in [-0.3, -0.25) is 9.78 Å². The Bertz CT molecular complexity index is 1010. The molecule has 0 aromatic carbocycles. The van der Waals surface area contributed by atoms with Crippen molar-refractivity contribution in [1.82, 2.24) is 24.9 Å². The summed E-state index contributed by atoms with van der Waals surface area (Å²) in [6.07, 6.45) is 10.9. The van der Waals surface area contributed by atoms with Crippen molar-refractivity contribution in [1.29, 1.82) is 0 Å². The Labute approximate surface area is 156 Å². The lowest BCUT2D eigenvalue weighted by Gasteiger charge is -2.14. The second-order valence-electron chi connectivity index (χ2n) is 6.89. The first-order valence-corrected chi connectivity index (χ1v) is 9.13. The fourth-order valence-corrected chi connectivity index (χ4v) is 3.71. The average molecular weight is 361 g/mol. The molecule has 0 radical (unpaired) electrons. The molecule has 0 unspecified atom stereocenters. The van der Waals surface area contributed by atoms with Crippen LogP contribution in [0.1, 0.15) is 12.1 Å². The molecule has 3 atom stereocenters. The molecular formula is C20H19N5O2. The van der Waals surface area contributed by atoms with Crippen LogP contribution >= 0.6 is 0 Å². The number of ether oxygens (including phenoxy) is 1. The Hall–Kier alpha value is -3.06. The third-order valence-electron chi connectivity index (χ3n) is 5.10. The number of aromatic nitrogens is 4. The molecule has 2 aliphatic heterocycles. The predicted octanol–water partition coefficient (Wildman–Crippen LogP) is 1.79. The van der Waals surface area contributed by atoms with Gasteiger partial charge in [0, 0.05) is 43.2 Å². The van der Waals surface area contributed by atoms with Crippen molar-refractivity contribution in [2.24, 2.45) is 5.92 Å². The van der Waals surface area contributed by atoms with Crippen molar-refractivity contribution in [2.45, 2.75) is 25.0 Å². The Morgan fingerprint density at radius 1 is 1.26 bits per heavy atom. The van der Waals surface area contributed by atoms with Gasteiger partial charge >= 0.3 is 0 Å². The van der Waals surface area contributed by atoms with E-state index in [9.17, 15) is 4.79 Å². The SMILES string of the molecule is O=C(NCCc1cc2nc(-c3ccncc3)ccn2n1)[C@@H]1C[C@H]2C=C[C@H]1O2. The summed E-state index contributed by atoms with van der Waals surface area (Å²) in [7, 11) is 0. The number of amides is 1. The normalized spacial score (nSPS) is 23.2. The van der Waals surface area contributed by atoms with E-state index in [1.165, 1.54) is 0 Å². The first kappa shape index (κ1) is 16.1. The molecule has 0 saturated carbocycles. The van der Waals surface area contributed by atoms with Crippen molar-refractivity contribution in [2.75, 3.05) is 6.54 Å². The molecule has 7 nitrogen and oxygen atoms in total. The minimum absolute atomic E-state index is 0.0546. The standard InChI is InChI=1S/C20H19N5O2/c26-20(16-12-15-1-2-18(16)27-15)22-9-5-14-11-19-23-17(6-10-25(19)24-14)13-3-7-21-8-4-13/h1-4,6-8,10-11,15-16,18H,5,9,12H2,(H,22,26)/t15-,16-,18-/m1/s1. The number of nitrogens with one attached hydrogen (secondary N) is 1. The number of rotatable bonds is 5. The van der Waals surface area contributed by atoms with Gasteiger partial charge in [0.05, 0.1) is 29.5 Å². The summed E-state index contributed by atoms with van der Waals surface area (Å²) in [5.74, 6) is -0.000585. The molecule has 5 rings (SSSR count). The predicted molar refractivity (Wildman–Crippen MR) is 98.8 cm³/mol. The lowest BCUT2D eigenvalue weighted by Crippen LogP contribution is -2.36. The van der Waals surface area contributed by atoms with Crippen LogP contribution in [-0.4, -0.2) is 44.2 Å². The van der Waals surface area contributed by atoms with E-state index in [0.717, 1.165) is 29.0 Å². The number of nitrogens with zero attached hydrogens (tertiary/aromatic N) is 4. The molecule has 1 N–H and O–H groups in total. The zero-order valence-electron chi connectivity index (χ0n) is 14.7. The van der Waals surface area contributed by atoms with Crippen LogP contribution in [-0.2, 0) is 16.0 Å². The van der Waals surface area contributed by atoms with Crippen LogP contribution in [0.4, 0.5) is 0 Å². The highest BCUT2D eigenvalue weighted by Crippen LogP contribution is 2.33. The van der Waals surface area contributed by atoms with Gasteiger partial charge in [0.1, 0.15) is 0 Å². The first-order valence-electron chi connectivity index (χ1n) is 9.13. The Kier molecular flexibility index (Phi) is 3.94. The monoisotopic (exact) mass is 361 g/mol. The second kappa shape index (κ2) is 6.59. The van der Waals surface area contributed by atoms with Gasteiger partial charge in [-0.2, -0.15) is 5.10 Å². The number of hydrogen-bond acceptors (Lipinski definition) is 5. The van der Waals surface area contributed by atoms with E-state index in [2.05, 4.69) is 20.4 Å². The number of hydrogen-bond donors (Lipinski definition) is 1. The van der Waals surface area contributed by atoms with Gasteiger partial charge in [-0.05, 0) is 24.6 Å². The molecule has 5 heterocycles. The maximum absolute atomic E-state index is 12.3. The zero-order valence-corrected chi connectivity index (χ0v) is 14.7. The largest absolute Gasteiger partial charge is 0.366 e. The molecule has 0 spiro atoms. The van der Waals surface area contributed by atoms with Gasteiger partial charge in [-0.25, -0.2) is 9.50 Å². The third-order valence-corrected chi connectivity index (χ3v) is 5.10. The van der Waals surface area contributed by atoms with E-state index in [-0.39, 0.29) is 24.0 Å². The van der Waals surface area contributed by atoms with E-state index in [1.54, 1.807) is 16.9 Å². The van der Waals surface area contributed by atoms with Gasteiger partial charge in [-0.15, -0.1) is 0 Å². The van der Waals surface area contributed by atoms with E-state index < -0.39 is 0 Å². The number of carbonyl (C=O) groups is 1. The maximum Gasteiger partial charge on any atom is 0.226 e. The fourth-order valence-electron chi connectivity index (χ4n) is 3.71. The smallest absolute Gasteiger partial charge is 0.226 e. The lowest BCUT2D eigenvalue weighted by molar-refractivity contribution is -0.125. The Morgan fingerprint density at radius 2 is 2.15 bits per heavy atom. The van der Waals surface area contributed by atoms with Crippen LogP contribution in [0, 0.1) is 5.92 Å². The lowest BCUT2D eigenvalue weighted by atomic mass is 9.93. The molecular weight excluding hydrogens is 342 g/mol. The quantitative estimate of drug-likeness (QED) is 0.701. The Balaban J connectivity index is 1.23. The summed E-state index contributed by atoms with van der Waals surface area (Å²) in [6.45, 7) is 0.553. The average Bonchev–Trinajstić information content (AvgIpc) is 3.43. The van der Waals surface area contributed by atoms with Crippen molar-refractivity contribution < 1.29 is 9.53 Å². The van der Waals surface area contributed by atoms with Gasteiger partial charge in [0.15, 0.2) is 5.65 Å². The van der Waals surface area contributed by atoms with Crippen LogP contribution in [0.5, 0.6) is 0 Å². The minimum Gasteiger partial charge on any atom is -0.366 e. The number of carbonyl (C=O) groups excluding carboxylic acids is 1. The highest BCUT2D eigenvalue weighted by atomic mass is 16.5. The van der Waals surface area contributed by atoms with Gasteiger partial charge in [0.25, 0.3) is 0 Å². The molecule has 27 heavy (non-hydrogen) atoms. The molecule has 1 amide bonds. The summed E-state index contributed by atoms with van der Waals surface area (Å²) in [5.41, 5.74) is 3.59. The molecule has 2 aliphatic rings. The third kappa shape index (κ3) is 3.10. The Morgan fingerprint density at radius 3 is 2.93 bits per heavy atom. The molecule has 136 valence electrons. The number of fused-ring (bicyclic) bond motifs is 3. The molecule has 1 saturated heterocycles. The second-order valence-corrected chi connectivity index (χ2v) is 6.89. The highest BCUT2D eigenvalue weighted by molar-refractivity contribution is 5.80. The topological polar surface area (TPSA) is 81.4 Å². The van der Waals surface area contributed by atoms with Gasteiger partial charge in [0.2, 0.25) is 5.91 Å². The molecule has 7 heteroatoms. The van der Waals surface area contributed by atoms with E-state index in [0.29, 0.717) is 13.0 Å². The van der Waals surface area contributed by atoms with Crippen LogP contribution in [0.3, 0.4) is 0 Å².